The number of hydrogen-bond acceptors (Lipinski definition) is 22. The van der Waals surface area contributed by atoms with Gasteiger partial charge in [0.2, 0.25) is 17.2 Å². The summed E-state index contributed by atoms with van der Waals surface area (Å²) in [5, 5.41) is 0.367. The second kappa shape index (κ2) is 23.7. The normalized spacial score (nSPS) is 16.1. The first-order chi connectivity index (χ1) is 39.0. The number of halogens is 1. The number of rotatable bonds is 10. The largest absolute Gasteiger partial charge is 0.443 e. The van der Waals surface area contributed by atoms with E-state index in [1.54, 1.807) is 96.9 Å². The predicted molar refractivity (Wildman–Crippen MR) is 309 cm³/mol. The Hall–Kier alpha value is -7.45. The quantitative estimate of drug-likeness (QED) is 0.0911. The number of amides is 4. The van der Waals surface area contributed by atoms with Crippen molar-refractivity contribution < 1.29 is 47.6 Å². The van der Waals surface area contributed by atoms with E-state index >= 15 is 0 Å². The minimum absolute atomic E-state index is 0.164. The van der Waals surface area contributed by atoms with Crippen LogP contribution in [0.4, 0.5) is 42.7 Å². The van der Waals surface area contributed by atoms with Gasteiger partial charge in [0.1, 0.15) is 22.4 Å². The van der Waals surface area contributed by atoms with E-state index in [-0.39, 0.29) is 11.9 Å². The lowest BCUT2D eigenvalue weighted by Crippen LogP contribution is -2.44. The van der Waals surface area contributed by atoms with Gasteiger partial charge >= 0.3 is 24.4 Å². The van der Waals surface area contributed by atoms with E-state index in [4.69, 9.17) is 60.0 Å². The molecule has 27 heteroatoms. The molecule has 8 heterocycles. The monoisotopic (exact) mass is 1170 g/mol. The fourth-order valence-electron chi connectivity index (χ4n) is 8.82. The molecule has 0 N–H and O–H groups in total. The Labute approximate surface area is 487 Å². The minimum Gasteiger partial charge on any atom is -0.443 e. The maximum Gasteiger partial charge on any atom is 0.427 e. The zero-order valence-electron chi connectivity index (χ0n) is 49.9. The summed E-state index contributed by atoms with van der Waals surface area (Å²) < 4.78 is 37.0. The molecule has 2 saturated carbocycles. The third-order valence-corrected chi connectivity index (χ3v) is 13.3. The van der Waals surface area contributed by atoms with E-state index in [0.717, 1.165) is 42.9 Å². The second-order valence-electron chi connectivity index (χ2n) is 25.0. The predicted octanol–water partition coefficient (Wildman–Crippen LogP) is 9.68. The van der Waals surface area contributed by atoms with Crippen LogP contribution < -0.4 is 19.6 Å². The molecule has 4 fully saturated rings. The van der Waals surface area contributed by atoms with Crippen LogP contribution in [0.15, 0.2) is 18.7 Å². The lowest BCUT2D eigenvalue weighted by molar-refractivity contribution is 0.0404. The molecular formula is C56H75ClN16O10. The van der Waals surface area contributed by atoms with Gasteiger partial charge in [-0.25, -0.2) is 69.0 Å². The molecule has 2 saturated heterocycles. The van der Waals surface area contributed by atoms with E-state index in [0.29, 0.717) is 131 Å². The molecule has 0 spiro atoms. The van der Waals surface area contributed by atoms with Crippen LogP contribution in [0, 0.1) is 25.7 Å². The molecule has 0 atom stereocenters. The van der Waals surface area contributed by atoms with Gasteiger partial charge < -0.3 is 42.8 Å². The van der Waals surface area contributed by atoms with E-state index < -0.39 is 46.8 Å². The minimum atomic E-state index is -0.949. The highest BCUT2D eigenvalue weighted by Crippen LogP contribution is 2.37. The Balaban J connectivity index is 0.000000200. The number of morpholine rings is 2. The van der Waals surface area contributed by atoms with Crippen molar-refractivity contribution in [3.05, 3.63) is 35.4 Å². The van der Waals surface area contributed by atoms with Gasteiger partial charge in [-0.05, 0) is 146 Å². The summed E-state index contributed by atoms with van der Waals surface area (Å²) in [5.41, 5.74) is 1.33. The van der Waals surface area contributed by atoms with Gasteiger partial charge in [-0.1, -0.05) is 0 Å². The van der Waals surface area contributed by atoms with Gasteiger partial charge in [0, 0.05) is 51.7 Å². The molecule has 2 aliphatic carbocycles. The fraction of sp³-hybridized carbons (Fsp3) is 0.607. The first kappa shape index (κ1) is 60.2. The summed E-state index contributed by atoms with van der Waals surface area (Å²) in [4.78, 5) is 105. The van der Waals surface area contributed by atoms with Crippen LogP contribution in [-0.2, 0) is 41.5 Å². The van der Waals surface area contributed by atoms with Crippen LogP contribution in [0.5, 0.6) is 0 Å². The number of imidazole rings is 2. The van der Waals surface area contributed by atoms with Gasteiger partial charge in [-0.3, -0.25) is 4.57 Å². The molecule has 0 unspecified atom stereocenters. The SMILES string of the molecule is Cc1nc(N(C(=O)OC(C)(C)C)C(=O)OC(C)(C)C)ncc1-c1nc(N2CCOCC2)c2nc(Cl)n(CC3CC3)c2n1.Cc1nc(N(C(=O)OC(C)(C)C)C(=O)OC(C)(C)C)ncc1-c1nc(N2CCOCC2)c2ncn(CC3CC3)c2n1. The van der Waals surface area contributed by atoms with Crippen LogP contribution in [0.3, 0.4) is 0 Å². The highest BCUT2D eigenvalue weighted by Gasteiger charge is 2.38. The van der Waals surface area contributed by atoms with Crippen molar-refractivity contribution in [2.75, 3.05) is 72.2 Å². The third-order valence-electron chi connectivity index (χ3n) is 13.0. The topological polar surface area (TPSA) is 275 Å². The van der Waals surface area contributed by atoms with E-state index in [1.165, 1.54) is 25.2 Å². The van der Waals surface area contributed by atoms with Crippen molar-refractivity contribution in [2.24, 2.45) is 11.8 Å². The van der Waals surface area contributed by atoms with E-state index in [1.807, 2.05) is 10.9 Å². The molecule has 4 amide bonds. The van der Waals surface area contributed by atoms with Crippen LogP contribution >= 0.6 is 11.6 Å². The molecule has 446 valence electrons. The van der Waals surface area contributed by atoms with Crippen LogP contribution in [0.25, 0.3) is 45.1 Å². The molecule has 26 nitrogen and oxygen atoms in total. The number of aromatic nitrogens is 12. The Morgan fingerprint density at radius 3 is 1.30 bits per heavy atom. The van der Waals surface area contributed by atoms with E-state index in [9.17, 15) is 19.2 Å². The van der Waals surface area contributed by atoms with Crippen molar-refractivity contribution in [1.29, 1.82) is 0 Å². The molecule has 6 aromatic rings. The Morgan fingerprint density at radius 2 is 0.916 bits per heavy atom. The van der Waals surface area contributed by atoms with Crippen molar-refractivity contribution in [2.45, 2.75) is 158 Å². The lowest BCUT2D eigenvalue weighted by atomic mass is 10.2. The summed E-state index contributed by atoms with van der Waals surface area (Å²) >= 11 is 6.61. The first-order valence-electron chi connectivity index (χ1n) is 28.0. The molecule has 83 heavy (non-hydrogen) atoms. The van der Waals surface area contributed by atoms with Gasteiger partial charge in [0.25, 0.3) is 0 Å². The number of hydrogen-bond donors (Lipinski definition) is 0. The third kappa shape index (κ3) is 15.0. The molecule has 4 aliphatic rings. The molecule has 0 bridgehead atoms. The van der Waals surface area contributed by atoms with Crippen molar-refractivity contribution >= 4 is 81.8 Å². The number of nitrogens with zero attached hydrogens (tertiary/aromatic N) is 16. The molecule has 6 aromatic heterocycles. The van der Waals surface area contributed by atoms with Crippen molar-refractivity contribution in [1.82, 2.24) is 59.0 Å². The van der Waals surface area contributed by atoms with Crippen LogP contribution in [0.2, 0.25) is 5.28 Å². The lowest BCUT2D eigenvalue weighted by Gasteiger charge is -2.28. The Morgan fingerprint density at radius 1 is 0.530 bits per heavy atom. The highest BCUT2D eigenvalue weighted by atomic mass is 35.5. The number of imide groups is 2. The van der Waals surface area contributed by atoms with Gasteiger partial charge in [-0.2, -0.15) is 0 Å². The second-order valence-corrected chi connectivity index (χ2v) is 25.3. The number of anilines is 4. The van der Waals surface area contributed by atoms with Crippen molar-refractivity contribution in [3.8, 4) is 22.8 Å². The number of aryl methyl sites for hydroxylation is 2. The summed E-state index contributed by atoms with van der Waals surface area (Å²) in [5.74, 6) is 3.02. The zero-order valence-corrected chi connectivity index (χ0v) is 50.7. The number of carbonyl (C=O) groups is 4. The summed E-state index contributed by atoms with van der Waals surface area (Å²) in [6, 6.07) is 0. The first-order valence-corrected chi connectivity index (χ1v) is 28.4. The molecule has 0 aromatic carbocycles. The van der Waals surface area contributed by atoms with Crippen LogP contribution in [0.1, 0.15) is 120 Å². The van der Waals surface area contributed by atoms with Crippen molar-refractivity contribution in [3.63, 3.8) is 0 Å². The molecular weight excluding hydrogens is 1090 g/mol. The molecule has 2 aliphatic heterocycles. The molecule has 10 rings (SSSR count). The number of carbonyl (C=O) groups excluding carboxylic acids is 4. The highest BCUT2D eigenvalue weighted by molar-refractivity contribution is 6.29. The maximum atomic E-state index is 13.1. The average molecular weight is 1170 g/mol. The number of fused-ring (bicyclic) bond motifs is 2. The molecule has 0 radical (unpaired) electrons. The Bertz CT molecular complexity index is 3340. The van der Waals surface area contributed by atoms with E-state index in [2.05, 4.69) is 44.3 Å². The summed E-state index contributed by atoms with van der Waals surface area (Å²) in [7, 11) is 0. The van der Waals surface area contributed by atoms with Gasteiger partial charge in [0.05, 0.1) is 55.3 Å². The Kier molecular flexibility index (Phi) is 17.1. The fourth-order valence-corrected chi connectivity index (χ4v) is 9.06. The van der Waals surface area contributed by atoms with Gasteiger partial charge in [0.15, 0.2) is 45.6 Å². The van der Waals surface area contributed by atoms with Crippen LogP contribution in [-0.4, -0.2) is 158 Å². The standard InChI is InChI=1S/C28H37ClN8O5.C28H38N8O5/c1-16-18(14-30-24(31-16)37(25(38)41-27(2,3)4)26(39)42-28(5,6)7)20-33-21(35-10-12-40-13-11-35)19-22(34-20)36(23(29)32-19)15-17-8-9-17;1-17-19(14-29-24(31-17)36(25(37)40-27(2,3)4)26(38)41-28(5,6)7)21-32-22(34-10-12-39-13-11-34)20-23(33-21)35(16-30-20)15-18-8-9-18/h14,17H,8-13,15H2,1-7H3;14,16,18H,8-13,15H2,1-7H3. The maximum absolute atomic E-state index is 13.1. The smallest absolute Gasteiger partial charge is 0.427 e. The zero-order chi connectivity index (χ0) is 59.9. The number of ether oxygens (including phenoxy) is 6. The summed E-state index contributed by atoms with van der Waals surface area (Å²) in [6.07, 6.45) is 5.77. The summed E-state index contributed by atoms with van der Waals surface area (Å²) in [6.45, 7) is 30.6. The average Bonchev–Trinajstić information content (AvgIpc) is 4.30. The van der Waals surface area contributed by atoms with Gasteiger partial charge in [-0.15, -0.1) is 9.80 Å².